The van der Waals surface area contributed by atoms with Crippen LogP contribution in [0.1, 0.15) is 36.2 Å². The molecule has 1 heterocycles. The van der Waals surface area contributed by atoms with Crippen LogP contribution in [-0.2, 0) is 16.0 Å². The lowest BCUT2D eigenvalue weighted by atomic mass is 9.99. The van der Waals surface area contributed by atoms with E-state index >= 15 is 0 Å². The zero-order valence-corrected chi connectivity index (χ0v) is 21.6. The number of hydrogen-bond donors (Lipinski definition) is 2. The van der Waals surface area contributed by atoms with Crippen LogP contribution < -0.4 is 10.6 Å². The summed E-state index contributed by atoms with van der Waals surface area (Å²) in [6, 6.07) is 25.2. The van der Waals surface area contributed by atoms with E-state index in [1.807, 2.05) is 78.9 Å². The first-order valence-electron chi connectivity index (χ1n) is 12.8. The van der Waals surface area contributed by atoms with Gasteiger partial charge in [0.25, 0.3) is 5.91 Å². The van der Waals surface area contributed by atoms with Gasteiger partial charge in [-0.15, -0.1) is 10.2 Å². The van der Waals surface area contributed by atoms with Crippen molar-refractivity contribution < 1.29 is 18.7 Å². The monoisotopic (exact) mass is 512 g/mol. The maximum absolute atomic E-state index is 12.3. The third-order valence-electron chi connectivity index (χ3n) is 5.95. The van der Waals surface area contributed by atoms with Crippen LogP contribution in [0, 0.1) is 5.92 Å². The summed E-state index contributed by atoms with van der Waals surface area (Å²) < 4.78 is 10.7. The van der Waals surface area contributed by atoms with Gasteiger partial charge in [0.1, 0.15) is 0 Å². The van der Waals surface area contributed by atoms with Crippen LogP contribution in [0.2, 0.25) is 0 Å². The minimum absolute atomic E-state index is 0.164. The first-order valence-corrected chi connectivity index (χ1v) is 12.8. The number of carbonyl (C=O) groups excluding carboxylic acids is 2. The molecule has 0 aliphatic heterocycles. The van der Waals surface area contributed by atoms with Crippen LogP contribution in [0.25, 0.3) is 22.9 Å². The van der Waals surface area contributed by atoms with Gasteiger partial charge in [0.05, 0.1) is 13.0 Å². The average molecular weight is 513 g/mol. The summed E-state index contributed by atoms with van der Waals surface area (Å²) in [6.45, 7) is 5.33. The summed E-state index contributed by atoms with van der Waals surface area (Å²) in [4.78, 5) is 23.7. The van der Waals surface area contributed by atoms with E-state index in [0.717, 1.165) is 35.3 Å². The molecule has 2 N–H and O–H groups in total. The summed E-state index contributed by atoms with van der Waals surface area (Å²) in [7, 11) is 0. The van der Waals surface area contributed by atoms with Crippen molar-refractivity contribution in [3.63, 3.8) is 0 Å². The Kier molecular flexibility index (Phi) is 9.23. The minimum atomic E-state index is -0.314. The molecule has 0 saturated carbocycles. The second kappa shape index (κ2) is 13.2. The Labute approximate surface area is 222 Å². The van der Waals surface area contributed by atoms with Gasteiger partial charge in [-0.05, 0) is 73.4 Å². The maximum Gasteiger partial charge on any atom is 0.307 e. The van der Waals surface area contributed by atoms with Crippen LogP contribution in [0.3, 0.4) is 0 Å². The van der Waals surface area contributed by atoms with Gasteiger partial charge in [0.15, 0.2) is 0 Å². The molecule has 1 unspecified atom stereocenters. The molecule has 38 heavy (non-hydrogen) atoms. The summed E-state index contributed by atoms with van der Waals surface area (Å²) in [5.74, 6) is 0.851. The largest absolute Gasteiger partial charge is 0.466 e. The van der Waals surface area contributed by atoms with Crippen LogP contribution in [0.15, 0.2) is 83.3 Å². The molecule has 8 heteroatoms. The standard InChI is InChI=1S/C30H32N4O4/c1-3-37-27(35)17-18-31-28(36)23-11-9-22(10-12-23)19-21(2)20-32-26-15-13-25(14-16-26)30-34-33-29(38-30)24-7-5-4-6-8-24/h4-16,21,32H,3,17-20H2,1-2H3,(H,31,36). The zero-order valence-electron chi connectivity index (χ0n) is 21.6. The molecule has 4 rings (SSSR count). The van der Waals surface area contributed by atoms with Crippen molar-refractivity contribution >= 4 is 17.6 Å². The molecule has 0 aliphatic rings. The van der Waals surface area contributed by atoms with Crippen molar-refractivity contribution in [1.29, 1.82) is 0 Å². The van der Waals surface area contributed by atoms with Crippen molar-refractivity contribution in [2.75, 3.05) is 25.0 Å². The van der Waals surface area contributed by atoms with E-state index in [1.54, 1.807) is 6.92 Å². The summed E-state index contributed by atoms with van der Waals surface area (Å²) >= 11 is 0. The first kappa shape index (κ1) is 26.6. The average Bonchev–Trinajstić information content (AvgIpc) is 3.44. The quantitative estimate of drug-likeness (QED) is 0.246. The van der Waals surface area contributed by atoms with E-state index in [4.69, 9.17) is 9.15 Å². The number of carbonyl (C=O) groups is 2. The van der Waals surface area contributed by atoms with Gasteiger partial charge < -0.3 is 19.8 Å². The molecular weight excluding hydrogens is 480 g/mol. The highest BCUT2D eigenvalue weighted by Gasteiger charge is 2.11. The number of esters is 1. The molecule has 1 atom stereocenters. The Hall–Kier alpha value is -4.46. The molecule has 0 bridgehead atoms. The van der Waals surface area contributed by atoms with Crippen LogP contribution >= 0.6 is 0 Å². The number of anilines is 1. The highest BCUT2D eigenvalue weighted by atomic mass is 16.5. The van der Waals surface area contributed by atoms with Gasteiger partial charge in [0, 0.05) is 35.5 Å². The third-order valence-corrected chi connectivity index (χ3v) is 5.95. The molecule has 1 amide bonds. The van der Waals surface area contributed by atoms with Crippen LogP contribution in [-0.4, -0.2) is 41.8 Å². The number of nitrogens with zero attached hydrogens (tertiary/aromatic N) is 2. The van der Waals surface area contributed by atoms with Gasteiger partial charge in [0.2, 0.25) is 11.8 Å². The summed E-state index contributed by atoms with van der Waals surface area (Å²) in [5, 5.41) is 14.6. The Bertz CT molecular complexity index is 1320. The molecule has 1 aromatic heterocycles. The highest BCUT2D eigenvalue weighted by Crippen LogP contribution is 2.25. The van der Waals surface area contributed by atoms with E-state index in [9.17, 15) is 9.59 Å². The lowest BCUT2D eigenvalue weighted by Crippen LogP contribution is -2.26. The molecule has 0 saturated heterocycles. The van der Waals surface area contributed by atoms with Crippen molar-refractivity contribution in [3.8, 4) is 22.9 Å². The third kappa shape index (κ3) is 7.52. The van der Waals surface area contributed by atoms with E-state index < -0.39 is 0 Å². The number of benzene rings is 3. The molecule has 8 nitrogen and oxygen atoms in total. The Morgan fingerprint density at radius 1 is 0.895 bits per heavy atom. The highest BCUT2D eigenvalue weighted by molar-refractivity contribution is 5.94. The number of amides is 1. The molecule has 196 valence electrons. The Morgan fingerprint density at radius 3 is 2.21 bits per heavy atom. The molecule has 3 aromatic carbocycles. The number of ether oxygens (including phenoxy) is 1. The van der Waals surface area contributed by atoms with Crippen LogP contribution in [0.4, 0.5) is 5.69 Å². The first-order chi connectivity index (χ1) is 18.5. The van der Waals surface area contributed by atoms with Crippen molar-refractivity contribution in [1.82, 2.24) is 15.5 Å². The van der Waals surface area contributed by atoms with Gasteiger partial charge >= 0.3 is 5.97 Å². The Balaban J connectivity index is 1.22. The molecule has 0 aliphatic carbocycles. The number of aromatic nitrogens is 2. The molecule has 4 aromatic rings. The van der Waals surface area contributed by atoms with E-state index in [2.05, 4.69) is 27.8 Å². The number of rotatable bonds is 12. The van der Waals surface area contributed by atoms with Crippen LogP contribution in [0.5, 0.6) is 0 Å². The maximum atomic E-state index is 12.3. The van der Waals surface area contributed by atoms with Crippen molar-refractivity contribution in [2.24, 2.45) is 5.92 Å². The van der Waals surface area contributed by atoms with Gasteiger partial charge in [-0.1, -0.05) is 37.3 Å². The zero-order chi connectivity index (χ0) is 26.7. The predicted octanol–water partition coefficient (Wildman–Crippen LogP) is 5.38. The van der Waals surface area contributed by atoms with Crippen molar-refractivity contribution in [2.45, 2.75) is 26.7 Å². The smallest absolute Gasteiger partial charge is 0.307 e. The predicted molar refractivity (Wildman–Crippen MR) is 147 cm³/mol. The SMILES string of the molecule is CCOC(=O)CCNC(=O)c1ccc(CC(C)CNc2ccc(-c3nnc(-c4ccccc4)o3)cc2)cc1. The number of nitrogens with one attached hydrogen (secondary N) is 2. The minimum Gasteiger partial charge on any atom is -0.466 e. The van der Waals surface area contributed by atoms with Gasteiger partial charge in [-0.25, -0.2) is 0 Å². The van der Waals surface area contributed by atoms with E-state index in [0.29, 0.717) is 29.9 Å². The fourth-order valence-electron chi connectivity index (χ4n) is 3.94. The van der Waals surface area contributed by atoms with Gasteiger partial charge in [-0.2, -0.15) is 0 Å². The molecule has 0 radical (unpaired) electrons. The van der Waals surface area contributed by atoms with Crippen molar-refractivity contribution in [3.05, 3.63) is 90.0 Å². The van der Waals surface area contributed by atoms with E-state index in [-0.39, 0.29) is 24.8 Å². The second-order valence-corrected chi connectivity index (χ2v) is 9.05. The fraction of sp³-hybridized carbons (Fsp3) is 0.267. The lowest BCUT2D eigenvalue weighted by Gasteiger charge is -2.14. The molecule has 0 spiro atoms. The Morgan fingerprint density at radius 2 is 1.55 bits per heavy atom. The number of hydrogen-bond acceptors (Lipinski definition) is 7. The fourth-order valence-corrected chi connectivity index (χ4v) is 3.94. The molecule has 0 fully saturated rings. The van der Waals surface area contributed by atoms with E-state index in [1.165, 1.54) is 0 Å². The summed E-state index contributed by atoms with van der Waals surface area (Å²) in [5.41, 5.74) is 4.49. The lowest BCUT2D eigenvalue weighted by molar-refractivity contribution is -0.142. The molecular formula is C30H32N4O4. The van der Waals surface area contributed by atoms with Gasteiger partial charge in [-0.3, -0.25) is 9.59 Å². The summed E-state index contributed by atoms with van der Waals surface area (Å²) in [6.07, 6.45) is 1.04. The second-order valence-electron chi connectivity index (χ2n) is 9.05. The topological polar surface area (TPSA) is 106 Å². The normalized spacial score (nSPS) is 11.5.